The minimum absolute atomic E-state index is 0.272. The first-order valence-corrected chi connectivity index (χ1v) is 6.97. The predicted molar refractivity (Wildman–Crippen MR) is 80.4 cm³/mol. The second-order valence-electron chi connectivity index (χ2n) is 4.41. The lowest BCUT2D eigenvalue weighted by atomic mass is 10.0. The molecule has 0 bridgehead atoms. The lowest BCUT2D eigenvalue weighted by Crippen LogP contribution is -2.20. The van der Waals surface area contributed by atoms with Crippen LogP contribution >= 0.6 is 22.6 Å². The number of nitrogens with zero attached hydrogens (tertiary/aromatic N) is 3. The molecule has 2 rings (SSSR count). The van der Waals surface area contributed by atoms with Gasteiger partial charge in [-0.1, -0.05) is 23.4 Å². The molecular weight excluding hydrogens is 339 g/mol. The van der Waals surface area contributed by atoms with E-state index < -0.39 is 0 Å². The number of nitrogens with one attached hydrogen (secondary N) is 1. The molecule has 0 aliphatic rings. The third-order valence-corrected chi connectivity index (χ3v) is 4.48. The molecule has 1 heterocycles. The van der Waals surface area contributed by atoms with Crippen LogP contribution in [0.2, 0.25) is 0 Å². The fourth-order valence-electron chi connectivity index (χ4n) is 2.00. The van der Waals surface area contributed by atoms with Gasteiger partial charge in [0, 0.05) is 29.3 Å². The highest BCUT2D eigenvalue weighted by Gasteiger charge is 2.15. The Kier molecular flexibility index (Phi) is 4.34. The summed E-state index contributed by atoms with van der Waals surface area (Å²) in [7, 11) is 3.88. The summed E-state index contributed by atoms with van der Waals surface area (Å²) in [5.41, 5.74) is 3.64. The molecule has 1 N–H and O–H groups in total. The van der Waals surface area contributed by atoms with E-state index >= 15 is 0 Å². The zero-order valence-electron chi connectivity index (χ0n) is 10.8. The summed E-state index contributed by atoms with van der Waals surface area (Å²) in [5, 5.41) is 11.5. The molecular formula is C13H17IN4. The molecule has 5 heteroatoms. The van der Waals surface area contributed by atoms with Gasteiger partial charge in [0.1, 0.15) is 0 Å². The molecule has 96 valence electrons. The van der Waals surface area contributed by atoms with Gasteiger partial charge < -0.3 is 5.32 Å². The van der Waals surface area contributed by atoms with Crippen LogP contribution in [-0.4, -0.2) is 22.0 Å². The fraction of sp³-hybridized carbons (Fsp3) is 0.385. The fourth-order valence-corrected chi connectivity index (χ4v) is 2.74. The van der Waals surface area contributed by atoms with Crippen LogP contribution in [-0.2, 0) is 13.5 Å². The monoisotopic (exact) mass is 356 g/mol. The maximum Gasteiger partial charge on any atom is 0.0845 e. The number of likely N-dealkylation sites (N-methyl/N-ethyl adjacent to an activating group) is 1. The third-order valence-electron chi connectivity index (χ3n) is 3.01. The van der Waals surface area contributed by atoms with Crippen LogP contribution in [0.4, 0.5) is 0 Å². The van der Waals surface area contributed by atoms with Crippen molar-refractivity contribution in [2.24, 2.45) is 7.05 Å². The number of aryl methyl sites for hydroxylation is 2. The molecule has 0 saturated heterocycles. The van der Waals surface area contributed by atoms with Crippen molar-refractivity contribution in [3.05, 3.63) is 44.8 Å². The highest BCUT2D eigenvalue weighted by Crippen LogP contribution is 2.25. The normalized spacial score (nSPS) is 12.7. The molecule has 0 amide bonds. The van der Waals surface area contributed by atoms with Gasteiger partial charge in [-0.2, -0.15) is 0 Å². The van der Waals surface area contributed by atoms with E-state index in [-0.39, 0.29) is 6.04 Å². The molecule has 18 heavy (non-hydrogen) atoms. The van der Waals surface area contributed by atoms with Gasteiger partial charge in [0.05, 0.1) is 5.69 Å². The van der Waals surface area contributed by atoms with E-state index in [2.05, 4.69) is 63.3 Å². The maximum absolute atomic E-state index is 4.15. The van der Waals surface area contributed by atoms with Crippen LogP contribution in [0.3, 0.4) is 0 Å². The summed E-state index contributed by atoms with van der Waals surface area (Å²) in [5.74, 6) is 0. The molecule has 0 aliphatic heterocycles. The number of benzene rings is 1. The average molecular weight is 356 g/mol. The average Bonchev–Trinajstić information content (AvgIpc) is 2.76. The first kappa shape index (κ1) is 13.5. The molecule has 0 saturated carbocycles. The smallest absolute Gasteiger partial charge is 0.0845 e. The predicted octanol–water partition coefficient (Wildman–Crippen LogP) is 2.23. The van der Waals surface area contributed by atoms with Gasteiger partial charge in [0.25, 0.3) is 0 Å². The van der Waals surface area contributed by atoms with Crippen molar-refractivity contribution in [2.75, 3.05) is 7.05 Å². The molecule has 0 radical (unpaired) electrons. The minimum atomic E-state index is 0.272. The SMILES string of the molecule is CNC(Cc1cn(C)nn1)c1cccc(C)c1I. The number of rotatable bonds is 4. The molecule has 1 aromatic carbocycles. The summed E-state index contributed by atoms with van der Waals surface area (Å²) >= 11 is 2.41. The summed E-state index contributed by atoms with van der Waals surface area (Å²) in [6.45, 7) is 2.14. The molecule has 0 fully saturated rings. The number of hydrogen-bond acceptors (Lipinski definition) is 3. The van der Waals surface area contributed by atoms with Crippen LogP contribution in [0, 0.1) is 10.5 Å². The Bertz CT molecular complexity index is 536. The lowest BCUT2D eigenvalue weighted by Gasteiger charge is -2.18. The van der Waals surface area contributed by atoms with E-state index in [1.165, 1.54) is 14.7 Å². The van der Waals surface area contributed by atoms with Crippen LogP contribution in [0.15, 0.2) is 24.4 Å². The molecule has 2 aromatic rings. The Balaban J connectivity index is 2.25. The van der Waals surface area contributed by atoms with Crippen molar-refractivity contribution in [1.82, 2.24) is 20.3 Å². The van der Waals surface area contributed by atoms with Crippen LogP contribution in [0.25, 0.3) is 0 Å². The lowest BCUT2D eigenvalue weighted by molar-refractivity contribution is 0.580. The molecule has 1 unspecified atom stereocenters. The third kappa shape index (κ3) is 2.89. The molecule has 0 spiro atoms. The standard InChI is InChI=1S/C13H17IN4/c1-9-5-4-6-11(13(9)14)12(15-2)7-10-8-18(3)17-16-10/h4-6,8,12,15H,7H2,1-3H3. The van der Waals surface area contributed by atoms with Crippen molar-refractivity contribution in [2.45, 2.75) is 19.4 Å². The quantitative estimate of drug-likeness (QED) is 0.855. The molecule has 1 aromatic heterocycles. The maximum atomic E-state index is 4.15. The van der Waals surface area contributed by atoms with E-state index in [4.69, 9.17) is 0 Å². The Labute approximate surface area is 121 Å². The van der Waals surface area contributed by atoms with Gasteiger partial charge in [0.2, 0.25) is 0 Å². The van der Waals surface area contributed by atoms with Crippen molar-refractivity contribution < 1.29 is 0 Å². The van der Waals surface area contributed by atoms with Gasteiger partial charge in [-0.25, -0.2) is 0 Å². The Morgan fingerprint density at radius 3 is 2.83 bits per heavy atom. The van der Waals surface area contributed by atoms with Crippen LogP contribution in [0.5, 0.6) is 0 Å². The first-order chi connectivity index (χ1) is 8.61. The van der Waals surface area contributed by atoms with E-state index in [1.54, 1.807) is 4.68 Å². The van der Waals surface area contributed by atoms with E-state index in [0.717, 1.165) is 12.1 Å². The summed E-state index contributed by atoms with van der Waals surface area (Å²) in [6, 6.07) is 6.69. The number of halogens is 1. The van der Waals surface area contributed by atoms with Gasteiger partial charge in [-0.05, 0) is 47.7 Å². The number of hydrogen-bond donors (Lipinski definition) is 1. The Morgan fingerprint density at radius 2 is 2.22 bits per heavy atom. The Morgan fingerprint density at radius 1 is 1.44 bits per heavy atom. The summed E-state index contributed by atoms with van der Waals surface area (Å²) < 4.78 is 3.06. The van der Waals surface area contributed by atoms with E-state index in [1.807, 2.05) is 20.3 Å². The van der Waals surface area contributed by atoms with E-state index in [0.29, 0.717) is 0 Å². The second-order valence-corrected chi connectivity index (χ2v) is 5.49. The van der Waals surface area contributed by atoms with E-state index in [9.17, 15) is 0 Å². The molecule has 1 atom stereocenters. The van der Waals surface area contributed by atoms with Gasteiger partial charge in [-0.15, -0.1) is 5.10 Å². The topological polar surface area (TPSA) is 42.7 Å². The molecule has 4 nitrogen and oxygen atoms in total. The van der Waals surface area contributed by atoms with Crippen molar-refractivity contribution in [3.8, 4) is 0 Å². The highest BCUT2D eigenvalue weighted by molar-refractivity contribution is 14.1. The van der Waals surface area contributed by atoms with Gasteiger partial charge >= 0.3 is 0 Å². The minimum Gasteiger partial charge on any atom is -0.313 e. The zero-order valence-corrected chi connectivity index (χ0v) is 13.0. The molecule has 0 aliphatic carbocycles. The largest absolute Gasteiger partial charge is 0.313 e. The van der Waals surface area contributed by atoms with Crippen LogP contribution < -0.4 is 5.32 Å². The summed E-state index contributed by atoms with van der Waals surface area (Å²) in [6.07, 6.45) is 2.82. The van der Waals surface area contributed by atoms with Crippen LogP contribution in [0.1, 0.15) is 22.9 Å². The number of aromatic nitrogens is 3. The van der Waals surface area contributed by atoms with Gasteiger partial charge in [0.15, 0.2) is 0 Å². The van der Waals surface area contributed by atoms with Crippen molar-refractivity contribution in [1.29, 1.82) is 0 Å². The highest BCUT2D eigenvalue weighted by atomic mass is 127. The zero-order chi connectivity index (χ0) is 13.1. The van der Waals surface area contributed by atoms with Gasteiger partial charge in [-0.3, -0.25) is 4.68 Å². The summed E-state index contributed by atoms with van der Waals surface area (Å²) in [4.78, 5) is 0. The Hall–Kier alpha value is -0.950. The van der Waals surface area contributed by atoms with Crippen molar-refractivity contribution >= 4 is 22.6 Å². The second kappa shape index (κ2) is 5.79. The van der Waals surface area contributed by atoms with Crippen molar-refractivity contribution in [3.63, 3.8) is 0 Å². The first-order valence-electron chi connectivity index (χ1n) is 5.89.